The van der Waals surface area contributed by atoms with Gasteiger partial charge in [-0.1, -0.05) is 45.4 Å². The van der Waals surface area contributed by atoms with E-state index in [1.165, 1.54) is 19.8 Å². The summed E-state index contributed by atoms with van der Waals surface area (Å²) in [5.74, 6) is 0.515. The van der Waals surface area contributed by atoms with Crippen LogP contribution < -0.4 is 0 Å². The summed E-state index contributed by atoms with van der Waals surface area (Å²) >= 11 is 8.49. The topological polar surface area (TPSA) is 69.9 Å². The molecule has 112 valence electrons. The average molecular weight is 318 g/mol. The number of thiol groups is 1. The van der Waals surface area contributed by atoms with Gasteiger partial charge in [-0.25, -0.2) is 0 Å². The summed E-state index contributed by atoms with van der Waals surface area (Å²) in [5, 5.41) is 16.0. The molecule has 0 aliphatic heterocycles. The number of hydrogen-bond donors (Lipinski definition) is 4. The molecule has 0 fully saturated rings. The number of rotatable bonds is 8. The van der Waals surface area contributed by atoms with Gasteiger partial charge in [0, 0.05) is 0 Å². The number of aliphatic hydroxyl groups is 2. The van der Waals surface area contributed by atoms with Gasteiger partial charge >= 0.3 is 0 Å². The van der Waals surface area contributed by atoms with Crippen molar-refractivity contribution in [2.24, 2.45) is 5.92 Å². The highest BCUT2D eigenvalue weighted by molar-refractivity contribution is 8.59. The van der Waals surface area contributed by atoms with Gasteiger partial charge in [-0.15, -0.1) is 0 Å². The third-order valence-electron chi connectivity index (χ3n) is 2.29. The summed E-state index contributed by atoms with van der Waals surface area (Å²) in [5.41, 5.74) is -2.74. The molecule has 3 N–H and O–H groups in total. The molecule has 0 radical (unpaired) electrons. The first-order chi connectivity index (χ1) is 8.26. The van der Waals surface area contributed by atoms with Crippen LogP contribution in [0.4, 0.5) is 0 Å². The van der Waals surface area contributed by atoms with Crippen LogP contribution >= 0.6 is 17.9 Å². The van der Waals surface area contributed by atoms with E-state index in [2.05, 4.69) is 37.9 Å². The van der Waals surface area contributed by atoms with Crippen LogP contribution in [-0.2, 0) is 16.3 Å². The van der Waals surface area contributed by atoms with Crippen molar-refractivity contribution < 1.29 is 19.6 Å². The largest absolute Gasteiger partial charge is 0.394 e. The Bertz CT molecular complexity index is 221. The fraction of sp³-hybridized carbons (Fsp3) is 1.00. The number of aliphatic hydroxyl groups excluding tert-OH is 2. The highest BCUT2D eigenvalue weighted by Crippen LogP contribution is 2.47. The van der Waals surface area contributed by atoms with Crippen molar-refractivity contribution in [2.75, 3.05) is 13.2 Å². The fourth-order valence-corrected chi connectivity index (χ4v) is 1.89. The summed E-state index contributed by atoms with van der Waals surface area (Å²) in [6, 6.07) is 0. The molecule has 0 aliphatic carbocycles. The van der Waals surface area contributed by atoms with E-state index < -0.39 is 11.8 Å². The van der Waals surface area contributed by atoms with Crippen molar-refractivity contribution in [2.45, 2.75) is 52.6 Å². The third-order valence-corrected chi connectivity index (χ3v) is 3.43. The standard InChI is InChI=1S/C8H19O2PS2.C3H8O2/c1-3-5-6-8(4-2)7-10-11(9,12)13;1-3(5)2-4/h8H,3-7H2,1-2H3,(H2,9,12,13);3-5H,2H2,1H3. The van der Waals surface area contributed by atoms with Crippen molar-refractivity contribution in [3.05, 3.63) is 0 Å². The predicted octanol–water partition coefficient (Wildman–Crippen LogP) is 2.73. The molecule has 0 aliphatic rings. The molecule has 0 spiro atoms. The lowest BCUT2D eigenvalue weighted by Gasteiger charge is -2.16. The molecular formula is C11H27O4PS2. The average Bonchev–Trinajstić information content (AvgIpc) is 2.29. The molecule has 0 bridgehead atoms. The molecule has 0 amide bonds. The molecule has 0 rings (SSSR count). The zero-order chi connectivity index (χ0) is 14.6. The second-order valence-corrected chi connectivity index (χ2v) is 9.40. The van der Waals surface area contributed by atoms with E-state index in [1.54, 1.807) is 0 Å². The van der Waals surface area contributed by atoms with Gasteiger partial charge in [-0.05, 0) is 31.1 Å². The Labute approximate surface area is 121 Å². The minimum Gasteiger partial charge on any atom is -0.394 e. The lowest BCUT2D eigenvalue weighted by molar-refractivity contribution is 0.110. The summed E-state index contributed by atoms with van der Waals surface area (Å²) in [7, 11) is 0. The van der Waals surface area contributed by atoms with Crippen LogP contribution in [-0.4, -0.2) is 34.4 Å². The lowest BCUT2D eigenvalue weighted by Crippen LogP contribution is -2.06. The second-order valence-electron chi connectivity index (χ2n) is 4.23. The summed E-state index contributed by atoms with van der Waals surface area (Å²) in [6.07, 6.45) is 4.07. The Kier molecular flexibility index (Phi) is 15.1. The summed E-state index contributed by atoms with van der Waals surface area (Å²) in [6.45, 7) is 6.24. The molecule has 3 unspecified atom stereocenters. The number of unbranched alkanes of at least 4 members (excludes halogenated alkanes) is 1. The maximum atomic E-state index is 9.16. The van der Waals surface area contributed by atoms with E-state index in [-0.39, 0.29) is 6.61 Å². The van der Waals surface area contributed by atoms with Crippen molar-refractivity contribution in [1.29, 1.82) is 0 Å². The minimum atomic E-state index is -2.74. The van der Waals surface area contributed by atoms with Crippen LogP contribution in [0, 0.1) is 5.92 Å². The molecule has 0 aromatic heterocycles. The Morgan fingerprint density at radius 3 is 2.17 bits per heavy atom. The summed E-state index contributed by atoms with van der Waals surface area (Å²) in [4.78, 5) is 9.16. The van der Waals surface area contributed by atoms with E-state index in [0.717, 1.165) is 12.8 Å². The van der Waals surface area contributed by atoms with E-state index in [0.29, 0.717) is 12.5 Å². The van der Waals surface area contributed by atoms with Gasteiger partial charge in [-0.2, -0.15) is 0 Å². The van der Waals surface area contributed by atoms with Gasteiger partial charge in [0.15, 0.2) is 0 Å². The van der Waals surface area contributed by atoms with Crippen LogP contribution in [0.3, 0.4) is 0 Å². The maximum Gasteiger partial charge on any atom is 0.241 e. The molecule has 3 atom stereocenters. The first-order valence-electron chi connectivity index (χ1n) is 6.25. The van der Waals surface area contributed by atoms with Crippen molar-refractivity contribution in [1.82, 2.24) is 0 Å². The lowest BCUT2D eigenvalue weighted by atomic mass is 10.0. The van der Waals surface area contributed by atoms with Gasteiger partial charge in [0.1, 0.15) is 0 Å². The quantitative estimate of drug-likeness (QED) is 0.409. The monoisotopic (exact) mass is 318 g/mol. The van der Waals surface area contributed by atoms with E-state index in [1.807, 2.05) is 0 Å². The number of hydrogen-bond acceptors (Lipinski definition) is 4. The van der Waals surface area contributed by atoms with Gasteiger partial charge in [-0.3, -0.25) is 0 Å². The molecule has 0 aromatic rings. The Morgan fingerprint density at radius 1 is 1.39 bits per heavy atom. The molecule has 18 heavy (non-hydrogen) atoms. The van der Waals surface area contributed by atoms with Crippen molar-refractivity contribution in [3.63, 3.8) is 0 Å². The van der Waals surface area contributed by atoms with Gasteiger partial charge in [0.2, 0.25) is 5.69 Å². The molecular weight excluding hydrogens is 291 g/mol. The molecule has 0 heterocycles. The van der Waals surface area contributed by atoms with Crippen LogP contribution in [0.15, 0.2) is 0 Å². The zero-order valence-corrected chi connectivity index (χ0v) is 14.1. The fourth-order valence-electron chi connectivity index (χ4n) is 1.10. The first kappa shape index (κ1) is 21.1. The smallest absolute Gasteiger partial charge is 0.241 e. The second kappa shape index (κ2) is 12.9. The third kappa shape index (κ3) is 19.2. The Balaban J connectivity index is 0. The molecule has 4 nitrogen and oxygen atoms in total. The van der Waals surface area contributed by atoms with Crippen LogP contribution in [0.2, 0.25) is 0 Å². The van der Waals surface area contributed by atoms with E-state index >= 15 is 0 Å². The molecule has 7 heteroatoms. The summed E-state index contributed by atoms with van der Waals surface area (Å²) < 4.78 is 5.13. The van der Waals surface area contributed by atoms with Gasteiger partial charge in [0.05, 0.1) is 19.3 Å². The van der Waals surface area contributed by atoms with Gasteiger partial charge < -0.3 is 19.6 Å². The minimum absolute atomic E-state index is 0.139. The Morgan fingerprint density at radius 2 is 1.89 bits per heavy atom. The molecule has 0 aromatic carbocycles. The SMILES string of the molecule is CC(O)CO.CCCCC(CC)COP(O)(=S)S. The Hall–Kier alpha value is 0.840. The predicted molar refractivity (Wildman–Crippen MR) is 83.5 cm³/mol. The van der Waals surface area contributed by atoms with Gasteiger partial charge in [0.25, 0.3) is 0 Å². The van der Waals surface area contributed by atoms with Crippen molar-refractivity contribution >= 4 is 29.7 Å². The maximum absolute atomic E-state index is 9.16. The molecule has 0 saturated heterocycles. The highest BCUT2D eigenvalue weighted by atomic mass is 32.9. The van der Waals surface area contributed by atoms with Crippen LogP contribution in [0.1, 0.15) is 46.5 Å². The normalized spacial score (nSPS) is 17.3. The molecule has 0 saturated carbocycles. The van der Waals surface area contributed by atoms with Crippen LogP contribution in [0.25, 0.3) is 0 Å². The highest BCUT2D eigenvalue weighted by Gasteiger charge is 2.11. The van der Waals surface area contributed by atoms with Crippen LogP contribution in [0.5, 0.6) is 0 Å². The zero-order valence-electron chi connectivity index (χ0n) is 11.4. The van der Waals surface area contributed by atoms with Crippen molar-refractivity contribution in [3.8, 4) is 0 Å². The van der Waals surface area contributed by atoms with E-state index in [4.69, 9.17) is 19.6 Å². The first-order valence-corrected chi connectivity index (χ1v) is 10.1. The van der Waals surface area contributed by atoms with E-state index in [9.17, 15) is 0 Å².